The molecule has 1 aromatic heterocycles. The molecule has 0 atom stereocenters. The molecule has 2 aromatic carbocycles. The zero-order chi connectivity index (χ0) is 19.4. The van der Waals surface area contributed by atoms with Crippen molar-refractivity contribution in [2.24, 2.45) is 0 Å². The summed E-state index contributed by atoms with van der Waals surface area (Å²) in [6.45, 7) is 1.77. The average molecular weight is 366 g/mol. The van der Waals surface area contributed by atoms with Crippen molar-refractivity contribution < 1.29 is 19.3 Å². The van der Waals surface area contributed by atoms with Gasteiger partial charge in [0.05, 0.1) is 39.3 Å². The van der Waals surface area contributed by atoms with Gasteiger partial charge in [-0.3, -0.25) is 0 Å². The number of nitrogens with zero attached hydrogens (tertiary/aromatic N) is 2. The van der Waals surface area contributed by atoms with Crippen LogP contribution in [0.2, 0.25) is 0 Å². The molecule has 0 aliphatic carbocycles. The third kappa shape index (κ3) is 4.17. The first-order valence-electron chi connectivity index (χ1n) is 8.44. The molecule has 0 spiro atoms. The summed E-state index contributed by atoms with van der Waals surface area (Å²) in [5.74, 6) is 2.67. The first kappa shape index (κ1) is 18.7. The highest BCUT2D eigenvalue weighted by Gasteiger charge is 2.11. The topological polar surface area (TPSA) is 73.7 Å². The molecule has 3 aromatic rings. The minimum Gasteiger partial charge on any atom is -0.497 e. The zero-order valence-corrected chi connectivity index (χ0v) is 15.8. The predicted molar refractivity (Wildman–Crippen MR) is 103 cm³/mol. The lowest BCUT2D eigenvalue weighted by Gasteiger charge is -2.11. The molecular formula is C21H22N2O4. The number of ether oxygens (including phenoxy) is 3. The van der Waals surface area contributed by atoms with Crippen LogP contribution in [0, 0.1) is 6.92 Å². The van der Waals surface area contributed by atoms with Gasteiger partial charge < -0.3 is 19.3 Å². The van der Waals surface area contributed by atoms with E-state index in [1.54, 1.807) is 27.4 Å². The van der Waals surface area contributed by atoms with E-state index in [1.165, 1.54) is 0 Å². The van der Waals surface area contributed by atoms with Gasteiger partial charge in [0.25, 0.3) is 0 Å². The molecule has 0 saturated carbocycles. The van der Waals surface area contributed by atoms with Gasteiger partial charge in [0.15, 0.2) is 0 Å². The fourth-order valence-corrected chi connectivity index (χ4v) is 2.84. The Balaban J connectivity index is 2.13. The minimum atomic E-state index is -0.0752. The lowest BCUT2D eigenvalue weighted by Crippen LogP contribution is -1.97. The van der Waals surface area contributed by atoms with Gasteiger partial charge in [-0.05, 0) is 48.9 Å². The van der Waals surface area contributed by atoms with E-state index in [0.717, 1.165) is 28.1 Å². The molecule has 27 heavy (non-hydrogen) atoms. The summed E-state index contributed by atoms with van der Waals surface area (Å²) in [4.78, 5) is 9.12. The van der Waals surface area contributed by atoms with Crippen molar-refractivity contribution in [1.29, 1.82) is 0 Å². The Bertz CT molecular complexity index is 839. The molecule has 140 valence electrons. The van der Waals surface area contributed by atoms with Crippen molar-refractivity contribution >= 4 is 0 Å². The zero-order valence-electron chi connectivity index (χ0n) is 15.8. The minimum absolute atomic E-state index is 0.0752. The number of aryl methyl sites for hydroxylation is 1. The number of rotatable bonds is 6. The second kappa shape index (κ2) is 8.05. The van der Waals surface area contributed by atoms with E-state index in [-0.39, 0.29) is 6.61 Å². The summed E-state index contributed by atoms with van der Waals surface area (Å²) in [5.41, 5.74) is 3.96. The van der Waals surface area contributed by atoms with Gasteiger partial charge in [-0.1, -0.05) is 0 Å². The maximum absolute atomic E-state index is 9.52. The van der Waals surface area contributed by atoms with Crippen LogP contribution in [0.15, 0.2) is 42.5 Å². The smallest absolute Gasteiger partial charge is 0.126 e. The molecule has 0 aliphatic rings. The van der Waals surface area contributed by atoms with E-state index in [4.69, 9.17) is 14.2 Å². The summed E-state index contributed by atoms with van der Waals surface area (Å²) in [6, 6.07) is 13.1. The highest BCUT2D eigenvalue weighted by Crippen LogP contribution is 2.32. The highest BCUT2D eigenvalue weighted by molar-refractivity contribution is 5.71. The van der Waals surface area contributed by atoms with Crippen molar-refractivity contribution in [2.45, 2.75) is 13.5 Å². The first-order chi connectivity index (χ1) is 13.1. The van der Waals surface area contributed by atoms with Crippen LogP contribution in [0.5, 0.6) is 17.2 Å². The van der Waals surface area contributed by atoms with E-state index >= 15 is 0 Å². The van der Waals surface area contributed by atoms with Gasteiger partial charge in [-0.25, -0.2) is 9.97 Å². The molecule has 1 N–H and O–H groups in total. The average Bonchev–Trinajstić information content (AvgIpc) is 2.72. The molecule has 6 heteroatoms. The lowest BCUT2D eigenvalue weighted by atomic mass is 10.0. The van der Waals surface area contributed by atoms with Crippen LogP contribution >= 0.6 is 0 Å². The summed E-state index contributed by atoms with van der Waals surface area (Å²) in [7, 11) is 4.82. The second-order valence-electron chi connectivity index (χ2n) is 6.01. The summed E-state index contributed by atoms with van der Waals surface area (Å²) >= 11 is 0. The third-order valence-electron chi connectivity index (χ3n) is 4.17. The Morgan fingerprint density at radius 1 is 0.704 bits per heavy atom. The van der Waals surface area contributed by atoms with Gasteiger partial charge >= 0.3 is 0 Å². The van der Waals surface area contributed by atoms with Crippen LogP contribution < -0.4 is 14.2 Å². The molecule has 0 unspecified atom stereocenters. The molecule has 1 heterocycles. The summed E-state index contributed by atoms with van der Waals surface area (Å²) in [6.07, 6.45) is 0. The normalized spacial score (nSPS) is 10.6. The van der Waals surface area contributed by atoms with Crippen LogP contribution in [-0.2, 0) is 6.61 Å². The molecule has 0 aliphatic heterocycles. The number of aromatic nitrogens is 2. The van der Waals surface area contributed by atoms with Gasteiger partial charge in [0, 0.05) is 17.2 Å². The number of aliphatic hydroxyl groups is 1. The van der Waals surface area contributed by atoms with Crippen LogP contribution in [0.3, 0.4) is 0 Å². The molecule has 0 bridgehead atoms. The van der Waals surface area contributed by atoms with Gasteiger partial charge in [0.1, 0.15) is 23.1 Å². The number of aliphatic hydroxyl groups excluding tert-OH is 1. The van der Waals surface area contributed by atoms with Crippen LogP contribution in [0.1, 0.15) is 11.4 Å². The van der Waals surface area contributed by atoms with Crippen molar-refractivity contribution in [3.8, 4) is 39.8 Å². The summed E-state index contributed by atoms with van der Waals surface area (Å²) in [5, 5.41) is 9.52. The van der Waals surface area contributed by atoms with E-state index in [9.17, 15) is 5.11 Å². The first-order valence-corrected chi connectivity index (χ1v) is 8.44. The Labute approximate surface area is 158 Å². The lowest BCUT2D eigenvalue weighted by molar-refractivity contribution is 0.281. The van der Waals surface area contributed by atoms with Gasteiger partial charge in [0.2, 0.25) is 0 Å². The van der Waals surface area contributed by atoms with Gasteiger partial charge in [-0.15, -0.1) is 0 Å². The van der Waals surface area contributed by atoms with Crippen LogP contribution in [0.4, 0.5) is 0 Å². The van der Waals surface area contributed by atoms with Gasteiger partial charge in [-0.2, -0.15) is 0 Å². The van der Waals surface area contributed by atoms with E-state index in [1.807, 2.05) is 43.3 Å². The Kier molecular flexibility index (Phi) is 5.57. The maximum Gasteiger partial charge on any atom is 0.126 e. The molecule has 0 fully saturated rings. The van der Waals surface area contributed by atoms with Crippen LogP contribution in [0.25, 0.3) is 22.5 Å². The molecule has 6 nitrogen and oxygen atoms in total. The van der Waals surface area contributed by atoms with Crippen molar-refractivity contribution in [3.63, 3.8) is 0 Å². The van der Waals surface area contributed by atoms with Crippen molar-refractivity contribution in [1.82, 2.24) is 9.97 Å². The standard InChI is InChI=1S/C21H22N2O4/c1-13-22-20(15-5-14(12-24)6-17(7-15)25-2)11-21(23-13)16-8-18(26-3)10-19(9-16)27-4/h5-11,24H,12H2,1-4H3. The molecule has 3 rings (SSSR count). The fraction of sp³-hybridized carbons (Fsp3) is 0.238. The Hall–Kier alpha value is -3.12. The third-order valence-corrected chi connectivity index (χ3v) is 4.17. The number of benzene rings is 2. The molecule has 0 saturated heterocycles. The molecule has 0 radical (unpaired) electrons. The predicted octanol–water partition coefficient (Wildman–Crippen LogP) is 3.64. The largest absolute Gasteiger partial charge is 0.497 e. The second-order valence-corrected chi connectivity index (χ2v) is 6.01. The van der Waals surface area contributed by atoms with E-state index in [0.29, 0.717) is 23.1 Å². The Morgan fingerprint density at radius 2 is 1.19 bits per heavy atom. The number of methoxy groups -OCH3 is 3. The van der Waals surface area contributed by atoms with E-state index in [2.05, 4.69) is 9.97 Å². The monoisotopic (exact) mass is 366 g/mol. The maximum atomic E-state index is 9.52. The highest BCUT2D eigenvalue weighted by atomic mass is 16.5. The Morgan fingerprint density at radius 3 is 1.67 bits per heavy atom. The quantitative estimate of drug-likeness (QED) is 0.718. The molecule has 0 amide bonds. The van der Waals surface area contributed by atoms with Crippen molar-refractivity contribution in [2.75, 3.05) is 21.3 Å². The number of hydrogen-bond donors (Lipinski definition) is 1. The fourth-order valence-electron chi connectivity index (χ4n) is 2.84. The summed E-state index contributed by atoms with van der Waals surface area (Å²) < 4.78 is 16.1. The van der Waals surface area contributed by atoms with Crippen molar-refractivity contribution in [3.05, 3.63) is 53.9 Å². The SMILES string of the molecule is COc1cc(CO)cc(-c2cc(-c3cc(OC)cc(OC)c3)nc(C)n2)c1. The van der Waals surface area contributed by atoms with Crippen LogP contribution in [-0.4, -0.2) is 36.4 Å². The molecular weight excluding hydrogens is 344 g/mol. The van der Waals surface area contributed by atoms with E-state index < -0.39 is 0 Å². The number of hydrogen-bond acceptors (Lipinski definition) is 6.